The Balaban J connectivity index is 2.32. The lowest BCUT2D eigenvalue weighted by Crippen LogP contribution is -2.39. The van der Waals surface area contributed by atoms with Crippen molar-refractivity contribution in [3.63, 3.8) is 0 Å². The van der Waals surface area contributed by atoms with Crippen molar-refractivity contribution in [3.05, 3.63) is 29.6 Å². The van der Waals surface area contributed by atoms with E-state index in [2.05, 4.69) is 0 Å². The van der Waals surface area contributed by atoms with E-state index in [1.165, 1.54) is 19.2 Å². The Hall–Kier alpha value is -1.42. The highest BCUT2D eigenvalue weighted by molar-refractivity contribution is 6.03. The van der Waals surface area contributed by atoms with Crippen LogP contribution in [0.25, 0.3) is 0 Å². The van der Waals surface area contributed by atoms with Gasteiger partial charge in [-0.05, 0) is 44.7 Å². The van der Waals surface area contributed by atoms with E-state index in [-0.39, 0.29) is 11.3 Å². The van der Waals surface area contributed by atoms with E-state index in [1.807, 2.05) is 6.92 Å². The first-order valence-electron chi connectivity index (χ1n) is 6.65. The minimum Gasteiger partial charge on any atom is -0.497 e. The van der Waals surface area contributed by atoms with E-state index in [0.29, 0.717) is 25.2 Å². The smallest absolute Gasteiger partial charge is 0.197 e. The number of carbonyl (C=O) groups is 1. The lowest BCUT2D eigenvalue weighted by Gasteiger charge is -2.27. The maximum atomic E-state index is 14.0. The summed E-state index contributed by atoms with van der Waals surface area (Å²) < 4.78 is 24.6. The lowest BCUT2D eigenvalue weighted by molar-refractivity contribution is -0.0166. The standard InChI is InChI=1S/C15H19FO3/c1-3-19-15(8-4-5-9-15)14(17)12-7-6-11(18-2)10-13(12)16/h6-7,10H,3-5,8-9H2,1-2H3. The highest BCUT2D eigenvalue weighted by Crippen LogP contribution is 2.37. The van der Waals surface area contributed by atoms with Gasteiger partial charge in [0.05, 0.1) is 12.7 Å². The first kappa shape index (κ1) is 14.0. The molecule has 1 saturated carbocycles. The molecule has 1 aliphatic rings. The number of ether oxygens (including phenoxy) is 2. The molecular formula is C15H19FO3. The predicted octanol–water partition coefficient (Wildman–Crippen LogP) is 3.37. The molecule has 1 aromatic rings. The summed E-state index contributed by atoms with van der Waals surface area (Å²) in [6, 6.07) is 4.32. The number of halogens is 1. The Kier molecular flexibility index (Phi) is 4.20. The number of methoxy groups -OCH3 is 1. The van der Waals surface area contributed by atoms with Crippen LogP contribution in [0.15, 0.2) is 18.2 Å². The van der Waals surface area contributed by atoms with Gasteiger partial charge in [0, 0.05) is 12.7 Å². The third-order valence-corrected chi connectivity index (χ3v) is 3.67. The van der Waals surface area contributed by atoms with Gasteiger partial charge in [-0.15, -0.1) is 0 Å². The van der Waals surface area contributed by atoms with Crippen molar-refractivity contribution in [2.45, 2.75) is 38.2 Å². The molecule has 4 heteroatoms. The van der Waals surface area contributed by atoms with Crippen molar-refractivity contribution in [3.8, 4) is 5.75 Å². The quantitative estimate of drug-likeness (QED) is 0.766. The van der Waals surface area contributed by atoms with Gasteiger partial charge in [-0.3, -0.25) is 4.79 Å². The fraction of sp³-hybridized carbons (Fsp3) is 0.533. The molecule has 3 nitrogen and oxygen atoms in total. The van der Waals surface area contributed by atoms with Crippen molar-refractivity contribution in [1.29, 1.82) is 0 Å². The van der Waals surface area contributed by atoms with Crippen LogP contribution in [0.1, 0.15) is 43.0 Å². The summed E-state index contributed by atoms with van der Waals surface area (Å²) in [5.74, 6) is -0.381. The number of hydrogen-bond donors (Lipinski definition) is 0. The van der Waals surface area contributed by atoms with E-state index in [0.717, 1.165) is 12.8 Å². The van der Waals surface area contributed by atoms with Gasteiger partial charge in [0.2, 0.25) is 0 Å². The summed E-state index contributed by atoms with van der Waals surface area (Å²) in [6.45, 7) is 2.32. The molecule has 2 rings (SSSR count). The topological polar surface area (TPSA) is 35.5 Å². The van der Waals surface area contributed by atoms with Crippen LogP contribution >= 0.6 is 0 Å². The van der Waals surface area contributed by atoms with Gasteiger partial charge in [-0.1, -0.05) is 0 Å². The molecule has 0 atom stereocenters. The normalized spacial score (nSPS) is 17.4. The van der Waals surface area contributed by atoms with E-state index >= 15 is 0 Å². The molecule has 0 bridgehead atoms. The zero-order valence-corrected chi connectivity index (χ0v) is 11.4. The molecule has 0 heterocycles. The van der Waals surface area contributed by atoms with Gasteiger partial charge >= 0.3 is 0 Å². The minimum atomic E-state index is -0.829. The van der Waals surface area contributed by atoms with Crippen LogP contribution in [0.2, 0.25) is 0 Å². The maximum absolute atomic E-state index is 14.0. The van der Waals surface area contributed by atoms with E-state index in [9.17, 15) is 9.18 Å². The number of Topliss-reactive ketones (excluding diaryl/α,β-unsaturated/α-hetero) is 1. The summed E-state index contributed by atoms with van der Waals surface area (Å²) in [6.07, 6.45) is 3.24. The second-order valence-electron chi connectivity index (χ2n) is 4.81. The van der Waals surface area contributed by atoms with Crippen molar-refractivity contribution >= 4 is 5.78 Å². The molecule has 0 unspecified atom stereocenters. The molecule has 0 saturated heterocycles. The summed E-state index contributed by atoms with van der Waals surface area (Å²) in [7, 11) is 1.47. The molecule has 1 fully saturated rings. The predicted molar refractivity (Wildman–Crippen MR) is 70.1 cm³/mol. The third kappa shape index (κ3) is 2.63. The van der Waals surface area contributed by atoms with Crippen LogP contribution < -0.4 is 4.74 Å². The van der Waals surface area contributed by atoms with Crippen molar-refractivity contribution in [1.82, 2.24) is 0 Å². The second-order valence-corrected chi connectivity index (χ2v) is 4.81. The molecule has 0 N–H and O–H groups in total. The van der Waals surface area contributed by atoms with Crippen LogP contribution in [0.5, 0.6) is 5.75 Å². The van der Waals surface area contributed by atoms with Crippen molar-refractivity contribution < 1.29 is 18.7 Å². The number of hydrogen-bond acceptors (Lipinski definition) is 3. The summed E-state index contributed by atoms with van der Waals surface area (Å²) in [5.41, 5.74) is -0.736. The van der Waals surface area contributed by atoms with Gasteiger partial charge in [0.1, 0.15) is 17.2 Å². The van der Waals surface area contributed by atoms with Gasteiger partial charge < -0.3 is 9.47 Å². The van der Waals surface area contributed by atoms with Crippen LogP contribution in [0.4, 0.5) is 4.39 Å². The fourth-order valence-electron chi connectivity index (χ4n) is 2.71. The molecule has 104 valence electrons. The molecule has 0 spiro atoms. The minimum absolute atomic E-state index is 0.0937. The Morgan fingerprint density at radius 1 is 1.37 bits per heavy atom. The molecular weight excluding hydrogens is 247 g/mol. The Bertz CT molecular complexity index is 464. The average molecular weight is 266 g/mol. The molecule has 0 radical (unpaired) electrons. The van der Waals surface area contributed by atoms with Crippen LogP contribution in [-0.2, 0) is 4.74 Å². The number of rotatable bonds is 5. The highest BCUT2D eigenvalue weighted by Gasteiger charge is 2.43. The molecule has 0 amide bonds. The Morgan fingerprint density at radius 2 is 2.05 bits per heavy atom. The zero-order valence-electron chi connectivity index (χ0n) is 11.4. The van der Waals surface area contributed by atoms with E-state index in [4.69, 9.17) is 9.47 Å². The highest BCUT2D eigenvalue weighted by atomic mass is 19.1. The largest absolute Gasteiger partial charge is 0.497 e. The van der Waals surface area contributed by atoms with Crippen molar-refractivity contribution in [2.24, 2.45) is 0 Å². The fourth-order valence-corrected chi connectivity index (χ4v) is 2.71. The molecule has 19 heavy (non-hydrogen) atoms. The second kappa shape index (κ2) is 5.70. The SMILES string of the molecule is CCOC1(C(=O)c2ccc(OC)cc2F)CCCC1. The van der Waals surface area contributed by atoms with Gasteiger partial charge in [-0.2, -0.15) is 0 Å². The lowest BCUT2D eigenvalue weighted by atomic mass is 9.90. The molecule has 0 aromatic heterocycles. The maximum Gasteiger partial charge on any atom is 0.197 e. The number of carbonyl (C=O) groups excluding carboxylic acids is 1. The summed E-state index contributed by atoms with van der Waals surface area (Å²) >= 11 is 0. The zero-order chi connectivity index (χ0) is 13.9. The molecule has 1 aromatic carbocycles. The summed E-state index contributed by atoms with van der Waals surface area (Å²) in [5, 5.41) is 0. The first-order chi connectivity index (χ1) is 9.13. The van der Waals surface area contributed by atoms with E-state index in [1.54, 1.807) is 6.07 Å². The Labute approximate surface area is 112 Å². The number of ketones is 1. The monoisotopic (exact) mass is 266 g/mol. The summed E-state index contributed by atoms with van der Waals surface area (Å²) in [4.78, 5) is 12.6. The third-order valence-electron chi connectivity index (χ3n) is 3.67. The molecule has 1 aliphatic carbocycles. The number of benzene rings is 1. The van der Waals surface area contributed by atoms with Crippen LogP contribution in [0, 0.1) is 5.82 Å². The van der Waals surface area contributed by atoms with Crippen LogP contribution in [-0.4, -0.2) is 25.1 Å². The Morgan fingerprint density at radius 3 is 2.58 bits per heavy atom. The van der Waals surface area contributed by atoms with E-state index < -0.39 is 11.4 Å². The van der Waals surface area contributed by atoms with Gasteiger partial charge in [0.15, 0.2) is 5.78 Å². The average Bonchev–Trinajstić information content (AvgIpc) is 2.88. The first-order valence-corrected chi connectivity index (χ1v) is 6.65. The van der Waals surface area contributed by atoms with Crippen molar-refractivity contribution in [2.75, 3.05) is 13.7 Å². The van der Waals surface area contributed by atoms with Gasteiger partial charge in [0.25, 0.3) is 0 Å². The van der Waals surface area contributed by atoms with Crippen LogP contribution in [0.3, 0.4) is 0 Å². The van der Waals surface area contributed by atoms with Gasteiger partial charge in [-0.25, -0.2) is 4.39 Å². The molecule has 0 aliphatic heterocycles.